The van der Waals surface area contributed by atoms with Crippen molar-refractivity contribution in [1.29, 1.82) is 0 Å². The van der Waals surface area contributed by atoms with E-state index in [4.69, 9.17) is 9.47 Å². The second-order valence-electron chi connectivity index (χ2n) is 6.55. The first kappa shape index (κ1) is 16.7. The summed E-state index contributed by atoms with van der Waals surface area (Å²) in [6, 6.07) is 6.50. The van der Waals surface area contributed by atoms with Crippen LogP contribution in [0, 0.1) is 5.82 Å². The summed E-state index contributed by atoms with van der Waals surface area (Å²) in [6.07, 6.45) is 4.15. The van der Waals surface area contributed by atoms with E-state index in [2.05, 4.69) is 4.90 Å². The molecule has 0 saturated carbocycles. The van der Waals surface area contributed by atoms with E-state index < -0.39 is 0 Å². The fraction of sp³-hybridized carbons (Fsp3) is 0.667. The van der Waals surface area contributed by atoms with Crippen molar-refractivity contribution in [3.8, 4) is 5.75 Å². The van der Waals surface area contributed by atoms with E-state index in [9.17, 15) is 9.50 Å². The number of aliphatic hydroxyl groups is 1. The Hall–Kier alpha value is -1.17. The lowest BCUT2D eigenvalue weighted by Crippen LogP contribution is -2.55. The molecule has 4 nitrogen and oxygen atoms in total. The lowest BCUT2D eigenvalue weighted by Gasteiger charge is -2.46. The molecule has 3 rings (SSSR count). The fourth-order valence-corrected chi connectivity index (χ4v) is 3.58. The van der Waals surface area contributed by atoms with Crippen molar-refractivity contribution >= 4 is 0 Å². The number of nitrogens with zero attached hydrogens (tertiary/aromatic N) is 1. The summed E-state index contributed by atoms with van der Waals surface area (Å²) in [7, 11) is 0. The van der Waals surface area contributed by atoms with Gasteiger partial charge in [0.05, 0.1) is 18.3 Å². The average Bonchev–Trinajstić information content (AvgIpc) is 2.58. The van der Waals surface area contributed by atoms with E-state index in [0.717, 1.165) is 58.3 Å². The van der Waals surface area contributed by atoms with Crippen LogP contribution in [0.5, 0.6) is 5.75 Å². The summed E-state index contributed by atoms with van der Waals surface area (Å²) >= 11 is 0. The Balaban J connectivity index is 1.37. The van der Waals surface area contributed by atoms with Gasteiger partial charge in [-0.15, -0.1) is 0 Å². The van der Waals surface area contributed by atoms with Crippen LogP contribution >= 0.6 is 0 Å². The van der Waals surface area contributed by atoms with Gasteiger partial charge in [-0.2, -0.15) is 0 Å². The first-order chi connectivity index (χ1) is 11.2. The number of hydrogen-bond acceptors (Lipinski definition) is 4. The van der Waals surface area contributed by atoms with Crippen LogP contribution in [-0.2, 0) is 4.74 Å². The molecule has 128 valence electrons. The number of rotatable bonds is 5. The van der Waals surface area contributed by atoms with Crippen LogP contribution in [-0.4, -0.2) is 54.6 Å². The topological polar surface area (TPSA) is 41.9 Å². The Morgan fingerprint density at radius 2 is 2.09 bits per heavy atom. The van der Waals surface area contributed by atoms with Gasteiger partial charge in [-0.1, -0.05) is 12.1 Å². The third-order valence-corrected chi connectivity index (χ3v) is 5.03. The molecule has 0 radical (unpaired) electrons. The molecule has 0 amide bonds. The minimum Gasteiger partial charge on any atom is -0.490 e. The number of ether oxygens (including phenoxy) is 2. The number of benzene rings is 1. The molecule has 1 N–H and O–H groups in total. The van der Waals surface area contributed by atoms with Crippen LogP contribution in [0.4, 0.5) is 4.39 Å². The molecule has 2 aliphatic rings. The minimum absolute atomic E-state index is 0.307. The van der Waals surface area contributed by atoms with Crippen molar-refractivity contribution in [3.63, 3.8) is 0 Å². The van der Waals surface area contributed by atoms with E-state index in [1.807, 2.05) is 0 Å². The number of para-hydroxylation sites is 1. The molecule has 5 heteroatoms. The van der Waals surface area contributed by atoms with Crippen LogP contribution in [0.1, 0.15) is 32.1 Å². The van der Waals surface area contributed by atoms with E-state index >= 15 is 0 Å². The number of aliphatic hydroxyl groups excluding tert-OH is 1. The van der Waals surface area contributed by atoms with Gasteiger partial charge in [0.15, 0.2) is 11.6 Å². The molecule has 2 aliphatic heterocycles. The van der Waals surface area contributed by atoms with Crippen LogP contribution in [0.25, 0.3) is 0 Å². The molecule has 1 aromatic carbocycles. The molecule has 1 atom stereocenters. The maximum atomic E-state index is 13.4. The van der Waals surface area contributed by atoms with Gasteiger partial charge in [-0.3, -0.25) is 0 Å². The highest BCUT2D eigenvalue weighted by molar-refractivity contribution is 5.23. The van der Waals surface area contributed by atoms with Crippen molar-refractivity contribution in [2.75, 3.05) is 32.8 Å². The van der Waals surface area contributed by atoms with Gasteiger partial charge >= 0.3 is 0 Å². The lowest BCUT2D eigenvalue weighted by atomic mass is 9.82. The van der Waals surface area contributed by atoms with Crippen LogP contribution in [0.15, 0.2) is 24.3 Å². The predicted molar refractivity (Wildman–Crippen MR) is 86.1 cm³/mol. The second kappa shape index (κ2) is 7.60. The summed E-state index contributed by atoms with van der Waals surface area (Å²) in [5, 5.41) is 10.2. The lowest BCUT2D eigenvalue weighted by molar-refractivity contribution is -0.176. The summed E-state index contributed by atoms with van der Waals surface area (Å²) in [4.78, 5) is 2.38. The number of halogens is 1. The van der Waals surface area contributed by atoms with Gasteiger partial charge in [-0.25, -0.2) is 4.39 Å². The quantitative estimate of drug-likeness (QED) is 0.846. The Morgan fingerprint density at radius 1 is 1.30 bits per heavy atom. The van der Waals surface area contributed by atoms with E-state index in [0.29, 0.717) is 12.4 Å². The molecule has 0 aliphatic carbocycles. The summed E-state index contributed by atoms with van der Waals surface area (Å²) < 4.78 is 24.8. The van der Waals surface area contributed by atoms with E-state index in [1.165, 1.54) is 6.07 Å². The van der Waals surface area contributed by atoms with Gasteiger partial charge in [0.2, 0.25) is 0 Å². The molecule has 2 saturated heterocycles. The van der Waals surface area contributed by atoms with Gasteiger partial charge in [0.25, 0.3) is 0 Å². The zero-order chi connectivity index (χ0) is 16.1. The zero-order valence-corrected chi connectivity index (χ0v) is 13.5. The molecule has 2 heterocycles. The highest BCUT2D eigenvalue weighted by atomic mass is 19.1. The standard InChI is InChI=1S/C18H26FNO3/c19-15-5-1-2-6-16(15)22-13-4-10-20-11-8-18(9-12-20)17(21)7-3-14-23-18/h1-2,5-6,17,21H,3-4,7-14H2/t17-/m1/s1. The maximum Gasteiger partial charge on any atom is 0.165 e. The Kier molecular flexibility index (Phi) is 5.51. The highest BCUT2D eigenvalue weighted by Crippen LogP contribution is 2.35. The van der Waals surface area contributed by atoms with E-state index in [1.54, 1.807) is 18.2 Å². The van der Waals surface area contributed by atoms with Crippen LogP contribution in [0.3, 0.4) is 0 Å². The van der Waals surface area contributed by atoms with Crippen molar-refractivity contribution in [3.05, 3.63) is 30.1 Å². The largest absolute Gasteiger partial charge is 0.490 e. The molecule has 23 heavy (non-hydrogen) atoms. The van der Waals surface area contributed by atoms with Crippen molar-refractivity contribution < 1.29 is 19.0 Å². The van der Waals surface area contributed by atoms with Gasteiger partial charge < -0.3 is 19.5 Å². The summed E-state index contributed by atoms with van der Waals surface area (Å²) in [5.74, 6) is 0.0136. The second-order valence-corrected chi connectivity index (χ2v) is 6.55. The summed E-state index contributed by atoms with van der Waals surface area (Å²) in [5.41, 5.74) is -0.307. The Bertz CT molecular complexity index is 503. The van der Waals surface area contributed by atoms with E-state index in [-0.39, 0.29) is 17.5 Å². The zero-order valence-electron chi connectivity index (χ0n) is 13.5. The molecule has 1 spiro atoms. The molecule has 0 bridgehead atoms. The normalized spacial score (nSPS) is 24.7. The molecular formula is C18H26FNO3. The molecule has 0 aromatic heterocycles. The molecule has 1 aromatic rings. The number of piperidine rings is 1. The van der Waals surface area contributed by atoms with Crippen LogP contribution < -0.4 is 4.74 Å². The number of hydrogen-bond donors (Lipinski definition) is 1. The molecule has 2 fully saturated rings. The maximum absolute atomic E-state index is 13.4. The van der Waals surface area contributed by atoms with Crippen molar-refractivity contribution in [1.82, 2.24) is 4.90 Å². The third-order valence-electron chi connectivity index (χ3n) is 5.03. The van der Waals surface area contributed by atoms with Gasteiger partial charge in [0, 0.05) is 26.2 Å². The Labute approximate surface area is 137 Å². The van der Waals surface area contributed by atoms with Crippen molar-refractivity contribution in [2.24, 2.45) is 0 Å². The highest BCUT2D eigenvalue weighted by Gasteiger charge is 2.43. The summed E-state index contributed by atoms with van der Waals surface area (Å²) in [6.45, 7) is 4.10. The molecule has 0 unspecified atom stereocenters. The predicted octanol–water partition coefficient (Wildman–Crippen LogP) is 2.60. The Morgan fingerprint density at radius 3 is 2.83 bits per heavy atom. The fourth-order valence-electron chi connectivity index (χ4n) is 3.58. The first-order valence-electron chi connectivity index (χ1n) is 8.61. The van der Waals surface area contributed by atoms with Gasteiger partial charge in [0.1, 0.15) is 0 Å². The third kappa shape index (κ3) is 4.03. The first-order valence-corrected chi connectivity index (χ1v) is 8.61. The smallest absolute Gasteiger partial charge is 0.165 e. The monoisotopic (exact) mass is 323 g/mol. The van der Waals surface area contributed by atoms with Crippen molar-refractivity contribution in [2.45, 2.75) is 43.8 Å². The van der Waals surface area contributed by atoms with Gasteiger partial charge in [-0.05, 0) is 44.2 Å². The SMILES string of the molecule is O[C@@H]1CCCOC12CCN(CCCOc1ccccc1F)CC2. The average molecular weight is 323 g/mol. The number of likely N-dealkylation sites (tertiary alicyclic amines) is 1. The van der Waals surface area contributed by atoms with Crippen LogP contribution in [0.2, 0.25) is 0 Å². The molecular weight excluding hydrogens is 297 g/mol. The minimum atomic E-state index is -0.317.